The van der Waals surface area contributed by atoms with E-state index in [1.165, 1.54) is 6.08 Å². The minimum atomic E-state index is -1.19. The molecule has 0 amide bonds. The van der Waals surface area contributed by atoms with Crippen molar-refractivity contribution in [2.75, 3.05) is 6.61 Å². The Bertz CT molecular complexity index is 344. The van der Waals surface area contributed by atoms with E-state index in [0.717, 1.165) is 23.8 Å². The molecule has 0 bridgehead atoms. The number of aliphatic carboxylic acids is 1. The fraction of sp³-hybridized carbons (Fsp3) is 0.250. The maximum absolute atomic E-state index is 10.2. The molecule has 0 aliphatic heterocycles. The average Bonchev–Trinajstić information content (AvgIpc) is 2.25. The van der Waals surface area contributed by atoms with Gasteiger partial charge in [0.05, 0.1) is 12.6 Å². The summed E-state index contributed by atoms with van der Waals surface area (Å²) in [7, 11) is 0. The van der Waals surface area contributed by atoms with Gasteiger partial charge in [-0.3, -0.25) is 0 Å². The van der Waals surface area contributed by atoms with E-state index in [9.17, 15) is 9.90 Å². The Morgan fingerprint density at radius 1 is 1.38 bits per heavy atom. The number of benzene rings is 1. The van der Waals surface area contributed by atoms with Crippen LogP contribution in [-0.4, -0.2) is 12.6 Å². The normalized spacial score (nSPS) is 9.81. The molecule has 3 nitrogen and oxygen atoms in total. The Morgan fingerprint density at radius 3 is 2.50 bits per heavy atom. The van der Waals surface area contributed by atoms with Gasteiger partial charge in [-0.15, -0.1) is 0 Å². The third-order valence-electron chi connectivity index (χ3n) is 1.76. The first kappa shape index (κ1) is 15.9. The number of carboxylic acid groups (broad SMARTS) is 1. The second-order valence-electron chi connectivity index (χ2n) is 3.07. The number of ether oxygens (including phenoxy) is 1. The van der Waals surface area contributed by atoms with Crippen molar-refractivity contribution in [2.45, 2.75) is 13.3 Å². The van der Waals surface area contributed by atoms with Crippen molar-refractivity contribution in [1.82, 2.24) is 0 Å². The first-order chi connectivity index (χ1) is 7.22. The topological polar surface area (TPSA) is 49.4 Å². The van der Waals surface area contributed by atoms with Gasteiger partial charge in [-0.1, -0.05) is 25.1 Å². The van der Waals surface area contributed by atoms with Crippen LogP contribution in [0.15, 0.2) is 30.3 Å². The maximum Gasteiger partial charge on any atom is 1.00 e. The van der Waals surface area contributed by atoms with Crippen LogP contribution < -0.4 is 61.2 Å². The average molecular weight is 244 g/mol. The summed E-state index contributed by atoms with van der Waals surface area (Å²) in [6.07, 6.45) is 3.45. The van der Waals surface area contributed by atoms with E-state index >= 15 is 0 Å². The van der Waals surface area contributed by atoms with Crippen molar-refractivity contribution in [3.8, 4) is 5.75 Å². The van der Waals surface area contributed by atoms with Crippen molar-refractivity contribution >= 4 is 12.0 Å². The van der Waals surface area contributed by atoms with Gasteiger partial charge < -0.3 is 14.6 Å². The van der Waals surface area contributed by atoms with Crippen LogP contribution in [0.25, 0.3) is 6.08 Å². The molecule has 0 N–H and O–H groups in total. The van der Waals surface area contributed by atoms with Crippen LogP contribution in [0.2, 0.25) is 0 Å². The second-order valence-corrected chi connectivity index (χ2v) is 3.07. The van der Waals surface area contributed by atoms with Gasteiger partial charge in [0.25, 0.3) is 0 Å². The zero-order valence-corrected chi connectivity index (χ0v) is 12.7. The molecule has 0 saturated heterocycles. The van der Waals surface area contributed by atoms with E-state index < -0.39 is 5.97 Å². The van der Waals surface area contributed by atoms with Gasteiger partial charge in [-0.25, -0.2) is 0 Å². The SMILES string of the molecule is CCCOc1ccc(/C=C/C(=O)[O-])cc1.[K+]. The summed E-state index contributed by atoms with van der Waals surface area (Å²) in [6, 6.07) is 7.21. The van der Waals surface area contributed by atoms with Crippen molar-refractivity contribution < 1.29 is 66.0 Å². The van der Waals surface area contributed by atoms with E-state index in [-0.39, 0.29) is 51.4 Å². The number of hydrogen-bond donors (Lipinski definition) is 0. The second kappa shape index (κ2) is 8.95. The molecule has 4 heteroatoms. The first-order valence-corrected chi connectivity index (χ1v) is 4.84. The van der Waals surface area contributed by atoms with Crippen LogP contribution in [0, 0.1) is 0 Å². The van der Waals surface area contributed by atoms with E-state index in [1.54, 1.807) is 12.1 Å². The zero-order valence-electron chi connectivity index (χ0n) is 9.60. The van der Waals surface area contributed by atoms with Gasteiger partial charge in [0.15, 0.2) is 0 Å². The molecule has 0 unspecified atom stereocenters. The van der Waals surface area contributed by atoms with Crippen LogP contribution in [0.3, 0.4) is 0 Å². The molecule has 0 heterocycles. The summed E-state index contributed by atoms with van der Waals surface area (Å²) >= 11 is 0. The molecule has 1 aromatic rings. The van der Waals surface area contributed by atoms with Crippen LogP contribution in [0.5, 0.6) is 5.75 Å². The number of hydrogen-bond acceptors (Lipinski definition) is 3. The standard InChI is InChI=1S/C12H14O3.K/c1-2-9-15-11-6-3-10(4-7-11)5-8-12(13)14;/h3-8H,2,9H2,1H3,(H,13,14);/q;+1/p-1/b8-5+;. The quantitative estimate of drug-likeness (QED) is 0.455. The molecule has 16 heavy (non-hydrogen) atoms. The summed E-state index contributed by atoms with van der Waals surface area (Å²) in [5.41, 5.74) is 0.808. The molecule has 0 aliphatic carbocycles. The molecule has 0 aliphatic rings. The minimum absolute atomic E-state index is 0. The van der Waals surface area contributed by atoms with Gasteiger partial charge in [-0.2, -0.15) is 0 Å². The van der Waals surface area contributed by atoms with Gasteiger partial charge in [-0.05, 0) is 30.2 Å². The predicted molar refractivity (Wildman–Crippen MR) is 56.3 cm³/mol. The van der Waals surface area contributed by atoms with E-state index in [4.69, 9.17) is 4.74 Å². The first-order valence-electron chi connectivity index (χ1n) is 4.84. The van der Waals surface area contributed by atoms with Crippen LogP contribution in [0.4, 0.5) is 0 Å². The minimum Gasteiger partial charge on any atom is -0.545 e. The zero-order chi connectivity index (χ0) is 11.1. The number of carbonyl (C=O) groups excluding carboxylic acids is 1. The number of rotatable bonds is 5. The van der Waals surface area contributed by atoms with Crippen molar-refractivity contribution in [1.29, 1.82) is 0 Å². The summed E-state index contributed by atoms with van der Waals surface area (Å²) < 4.78 is 5.38. The maximum atomic E-state index is 10.2. The van der Waals surface area contributed by atoms with Crippen molar-refractivity contribution in [2.24, 2.45) is 0 Å². The number of carboxylic acids is 1. The monoisotopic (exact) mass is 244 g/mol. The Hall–Kier alpha value is -0.134. The van der Waals surface area contributed by atoms with Crippen LogP contribution in [-0.2, 0) is 4.79 Å². The van der Waals surface area contributed by atoms with Crippen LogP contribution in [0.1, 0.15) is 18.9 Å². The molecular weight excluding hydrogens is 231 g/mol. The summed E-state index contributed by atoms with van der Waals surface area (Å²) in [5.74, 6) is -0.399. The summed E-state index contributed by atoms with van der Waals surface area (Å²) in [4.78, 5) is 10.2. The van der Waals surface area contributed by atoms with Gasteiger partial charge in [0.1, 0.15) is 5.75 Å². The van der Waals surface area contributed by atoms with Gasteiger partial charge in [0.2, 0.25) is 0 Å². The predicted octanol–water partition coefficient (Wildman–Crippen LogP) is -1.76. The Kier molecular flexibility index (Phi) is 8.88. The number of carbonyl (C=O) groups is 1. The fourth-order valence-electron chi connectivity index (χ4n) is 1.06. The molecule has 1 rings (SSSR count). The smallest absolute Gasteiger partial charge is 0.545 e. The summed E-state index contributed by atoms with van der Waals surface area (Å²) in [6.45, 7) is 2.73. The molecule has 0 atom stereocenters. The molecule has 80 valence electrons. The van der Waals surface area contributed by atoms with Crippen LogP contribution >= 0.6 is 0 Å². The molecule has 0 aromatic heterocycles. The fourth-order valence-corrected chi connectivity index (χ4v) is 1.06. The third kappa shape index (κ3) is 6.45. The van der Waals surface area contributed by atoms with Crippen molar-refractivity contribution in [3.05, 3.63) is 35.9 Å². The molecular formula is C12H13KO3. The Morgan fingerprint density at radius 2 is 2.00 bits per heavy atom. The largest absolute Gasteiger partial charge is 1.00 e. The summed E-state index contributed by atoms with van der Waals surface area (Å²) in [5, 5.41) is 10.2. The molecule has 0 spiro atoms. The van der Waals surface area contributed by atoms with Gasteiger partial charge >= 0.3 is 51.4 Å². The molecule has 0 radical (unpaired) electrons. The Labute approximate surface area is 138 Å². The molecule has 0 saturated carbocycles. The third-order valence-corrected chi connectivity index (χ3v) is 1.76. The molecule has 1 aromatic carbocycles. The van der Waals surface area contributed by atoms with E-state index in [2.05, 4.69) is 0 Å². The Balaban J connectivity index is 0.00000225. The molecule has 0 fully saturated rings. The van der Waals surface area contributed by atoms with E-state index in [1.807, 2.05) is 19.1 Å². The van der Waals surface area contributed by atoms with Crippen molar-refractivity contribution in [3.63, 3.8) is 0 Å². The van der Waals surface area contributed by atoms with E-state index in [0.29, 0.717) is 6.61 Å². The van der Waals surface area contributed by atoms with Gasteiger partial charge in [0, 0.05) is 0 Å².